The van der Waals surface area contributed by atoms with E-state index in [4.69, 9.17) is 4.74 Å². The van der Waals surface area contributed by atoms with E-state index in [0.717, 1.165) is 12.4 Å². The lowest BCUT2D eigenvalue weighted by Gasteiger charge is -2.25. The van der Waals surface area contributed by atoms with E-state index < -0.39 is 0 Å². The van der Waals surface area contributed by atoms with Crippen molar-refractivity contribution < 1.29 is 4.74 Å². The van der Waals surface area contributed by atoms with Crippen LogP contribution in [-0.4, -0.2) is 18.1 Å². The standard InChI is InChI=1S/C16H28N2O/c1-5-7-8-12-16(3,4)13-17-14-10-9-11-15(18-14)19-6-2/h9-11H,5-8,12-13H2,1-4H3,(H,17,18). The molecular weight excluding hydrogens is 236 g/mol. The van der Waals surface area contributed by atoms with E-state index in [1.807, 2.05) is 25.1 Å². The maximum atomic E-state index is 5.41. The zero-order chi connectivity index (χ0) is 14.1. The molecule has 1 heterocycles. The molecule has 0 saturated carbocycles. The van der Waals surface area contributed by atoms with Crippen LogP contribution in [-0.2, 0) is 0 Å². The molecule has 1 aromatic rings. The molecule has 0 spiro atoms. The number of pyridine rings is 1. The summed E-state index contributed by atoms with van der Waals surface area (Å²) in [4.78, 5) is 4.43. The van der Waals surface area contributed by atoms with Crippen molar-refractivity contribution >= 4 is 5.82 Å². The summed E-state index contributed by atoms with van der Waals surface area (Å²) in [6, 6.07) is 5.86. The number of nitrogens with one attached hydrogen (secondary N) is 1. The molecule has 0 bridgehead atoms. The molecule has 0 aliphatic heterocycles. The minimum absolute atomic E-state index is 0.304. The van der Waals surface area contributed by atoms with E-state index >= 15 is 0 Å². The molecule has 0 amide bonds. The zero-order valence-corrected chi connectivity index (χ0v) is 12.8. The van der Waals surface area contributed by atoms with Gasteiger partial charge in [-0.1, -0.05) is 46.1 Å². The third kappa shape index (κ3) is 6.46. The van der Waals surface area contributed by atoms with Crippen LogP contribution in [0.25, 0.3) is 0 Å². The van der Waals surface area contributed by atoms with Gasteiger partial charge in [-0.15, -0.1) is 0 Å². The first kappa shape index (κ1) is 15.8. The van der Waals surface area contributed by atoms with Gasteiger partial charge in [0.1, 0.15) is 5.82 Å². The number of anilines is 1. The van der Waals surface area contributed by atoms with Crippen LogP contribution >= 0.6 is 0 Å². The van der Waals surface area contributed by atoms with Gasteiger partial charge in [-0.2, -0.15) is 4.98 Å². The van der Waals surface area contributed by atoms with Crippen LogP contribution in [0.3, 0.4) is 0 Å². The molecule has 19 heavy (non-hydrogen) atoms. The van der Waals surface area contributed by atoms with Gasteiger partial charge < -0.3 is 10.1 Å². The summed E-state index contributed by atoms with van der Waals surface area (Å²) in [6.45, 7) is 10.4. The van der Waals surface area contributed by atoms with Gasteiger partial charge in [-0.05, 0) is 24.8 Å². The Morgan fingerprint density at radius 3 is 2.68 bits per heavy atom. The number of aromatic nitrogens is 1. The second-order valence-electron chi connectivity index (χ2n) is 5.77. The van der Waals surface area contributed by atoms with Crippen molar-refractivity contribution in [3.8, 4) is 5.88 Å². The van der Waals surface area contributed by atoms with E-state index in [9.17, 15) is 0 Å². The Kier molecular flexibility index (Phi) is 6.68. The molecule has 0 saturated heterocycles. The highest BCUT2D eigenvalue weighted by Crippen LogP contribution is 2.24. The van der Waals surface area contributed by atoms with Crippen LogP contribution in [0.5, 0.6) is 5.88 Å². The fourth-order valence-corrected chi connectivity index (χ4v) is 2.01. The zero-order valence-electron chi connectivity index (χ0n) is 12.8. The van der Waals surface area contributed by atoms with Crippen LogP contribution in [0.15, 0.2) is 18.2 Å². The molecule has 0 atom stereocenters. The average molecular weight is 264 g/mol. The predicted octanol–water partition coefficient (Wildman–Crippen LogP) is 4.50. The normalized spacial score (nSPS) is 11.4. The quantitative estimate of drug-likeness (QED) is 0.667. The molecular formula is C16H28N2O. The van der Waals surface area contributed by atoms with Gasteiger partial charge in [-0.25, -0.2) is 0 Å². The van der Waals surface area contributed by atoms with E-state index in [1.165, 1.54) is 25.7 Å². The van der Waals surface area contributed by atoms with Gasteiger partial charge in [-0.3, -0.25) is 0 Å². The Hall–Kier alpha value is -1.25. The van der Waals surface area contributed by atoms with Crippen molar-refractivity contribution in [2.45, 2.75) is 53.4 Å². The van der Waals surface area contributed by atoms with Crippen molar-refractivity contribution in [3.63, 3.8) is 0 Å². The molecule has 0 fully saturated rings. The number of unbranched alkanes of at least 4 members (excludes halogenated alkanes) is 2. The number of nitrogens with zero attached hydrogens (tertiary/aromatic N) is 1. The maximum Gasteiger partial charge on any atom is 0.215 e. The Balaban J connectivity index is 2.44. The molecule has 0 aromatic carbocycles. The van der Waals surface area contributed by atoms with Crippen molar-refractivity contribution in [3.05, 3.63) is 18.2 Å². The first-order chi connectivity index (χ1) is 9.07. The number of ether oxygens (including phenoxy) is 1. The van der Waals surface area contributed by atoms with Gasteiger partial charge in [0.2, 0.25) is 5.88 Å². The minimum atomic E-state index is 0.304. The van der Waals surface area contributed by atoms with Crippen LogP contribution in [0.4, 0.5) is 5.82 Å². The Morgan fingerprint density at radius 2 is 2.00 bits per heavy atom. The number of rotatable bonds is 9. The fourth-order valence-electron chi connectivity index (χ4n) is 2.01. The summed E-state index contributed by atoms with van der Waals surface area (Å²) >= 11 is 0. The van der Waals surface area contributed by atoms with Gasteiger partial charge in [0.15, 0.2) is 0 Å². The van der Waals surface area contributed by atoms with Crippen LogP contribution < -0.4 is 10.1 Å². The summed E-state index contributed by atoms with van der Waals surface area (Å²) in [7, 11) is 0. The third-order valence-electron chi connectivity index (χ3n) is 3.22. The topological polar surface area (TPSA) is 34.1 Å². The second-order valence-corrected chi connectivity index (χ2v) is 5.77. The Morgan fingerprint density at radius 1 is 1.21 bits per heavy atom. The largest absolute Gasteiger partial charge is 0.478 e. The van der Waals surface area contributed by atoms with Gasteiger partial charge in [0.05, 0.1) is 6.61 Å². The summed E-state index contributed by atoms with van der Waals surface area (Å²) in [6.07, 6.45) is 5.15. The SMILES string of the molecule is CCCCCC(C)(C)CNc1cccc(OCC)n1. The first-order valence-corrected chi connectivity index (χ1v) is 7.41. The average Bonchev–Trinajstić information content (AvgIpc) is 2.38. The van der Waals surface area contributed by atoms with Crippen molar-refractivity contribution in [2.24, 2.45) is 5.41 Å². The lowest BCUT2D eigenvalue weighted by atomic mass is 9.87. The molecule has 0 radical (unpaired) electrons. The molecule has 0 unspecified atom stereocenters. The summed E-state index contributed by atoms with van der Waals surface area (Å²) in [5.74, 6) is 1.59. The van der Waals surface area contributed by atoms with Crippen molar-refractivity contribution in [1.29, 1.82) is 0 Å². The Labute approximate surface area is 117 Å². The van der Waals surface area contributed by atoms with Gasteiger partial charge in [0, 0.05) is 12.6 Å². The molecule has 1 aromatic heterocycles. The Bertz CT molecular complexity index is 364. The second kappa shape index (κ2) is 8.03. The first-order valence-electron chi connectivity index (χ1n) is 7.41. The summed E-state index contributed by atoms with van der Waals surface area (Å²) in [5, 5.41) is 3.42. The maximum absolute atomic E-state index is 5.41. The van der Waals surface area contributed by atoms with E-state index in [0.29, 0.717) is 17.9 Å². The van der Waals surface area contributed by atoms with E-state index in [1.54, 1.807) is 0 Å². The monoisotopic (exact) mass is 264 g/mol. The molecule has 3 nitrogen and oxygen atoms in total. The minimum Gasteiger partial charge on any atom is -0.478 e. The summed E-state index contributed by atoms with van der Waals surface area (Å²) < 4.78 is 5.41. The highest BCUT2D eigenvalue weighted by atomic mass is 16.5. The molecule has 3 heteroatoms. The van der Waals surface area contributed by atoms with Crippen molar-refractivity contribution in [1.82, 2.24) is 4.98 Å². The van der Waals surface area contributed by atoms with E-state index in [2.05, 4.69) is 31.1 Å². The summed E-state index contributed by atoms with van der Waals surface area (Å²) in [5.41, 5.74) is 0.304. The van der Waals surface area contributed by atoms with Crippen LogP contribution in [0, 0.1) is 5.41 Å². The fraction of sp³-hybridized carbons (Fsp3) is 0.688. The highest BCUT2D eigenvalue weighted by Gasteiger charge is 2.17. The highest BCUT2D eigenvalue weighted by molar-refractivity contribution is 5.37. The smallest absolute Gasteiger partial charge is 0.215 e. The third-order valence-corrected chi connectivity index (χ3v) is 3.22. The van der Waals surface area contributed by atoms with Gasteiger partial charge >= 0.3 is 0 Å². The molecule has 1 N–H and O–H groups in total. The molecule has 0 aliphatic carbocycles. The van der Waals surface area contributed by atoms with E-state index in [-0.39, 0.29) is 0 Å². The van der Waals surface area contributed by atoms with Gasteiger partial charge in [0.25, 0.3) is 0 Å². The number of hydrogen-bond donors (Lipinski definition) is 1. The lowest BCUT2D eigenvalue weighted by molar-refractivity contribution is 0.326. The molecule has 1 rings (SSSR count). The molecule has 0 aliphatic rings. The van der Waals surface area contributed by atoms with Crippen LogP contribution in [0.2, 0.25) is 0 Å². The predicted molar refractivity (Wildman–Crippen MR) is 81.8 cm³/mol. The number of hydrogen-bond acceptors (Lipinski definition) is 3. The lowest BCUT2D eigenvalue weighted by Crippen LogP contribution is -2.23. The van der Waals surface area contributed by atoms with Crippen molar-refractivity contribution in [2.75, 3.05) is 18.5 Å². The molecule has 108 valence electrons. The van der Waals surface area contributed by atoms with Crippen LogP contribution in [0.1, 0.15) is 53.4 Å².